The number of hydrogen-bond donors (Lipinski definition) is 0. The Balaban J connectivity index is 1.65. The monoisotopic (exact) mass is 708 g/mol. The lowest BCUT2D eigenvalue weighted by molar-refractivity contribution is -0.114. The van der Waals surface area contributed by atoms with Gasteiger partial charge in [0.05, 0.1) is 18.4 Å². The number of carbonyl (C=O) groups is 1. The van der Waals surface area contributed by atoms with Crippen LogP contribution in [0.15, 0.2) is 77.4 Å². The number of halogens is 6. The van der Waals surface area contributed by atoms with Gasteiger partial charge >= 0.3 is 6.18 Å². The van der Waals surface area contributed by atoms with Gasteiger partial charge < -0.3 is 4.74 Å². The van der Waals surface area contributed by atoms with Crippen LogP contribution in [0.1, 0.15) is 11.1 Å². The lowest BCUT2D eigenvalue weighted by Crippen LogP contribution is -2.25. The Morgan fingerprint density at radius 3 is 2.24 bits per heavy atom. The van der Waals surface area contributed by atoms with E-state index in [0.717, 1.165) is 10.6 Å². The molecule has 0 aliphatic carbocycles. The maximum atomic E-state index is 13.7. The molecule has 1 amide bonds. The van der Waals surface area contributed by atoms with Crippen LogP contribution >= 0.6 is 56.8 Å². The van der Waals surface area contributed by atoms with Gasteiger partial charge in [0.25, 0.3) is 5.91 Å². The molecule has 1 heterocycles. The summed E-state index contributed by atoms with van der Waals surface area (Å²) < 4.78 is 48.4. The van der Waals surface area contributed by atoms with Gasteiger partial charge in [-0.05, 0) is 87.2 Å². The number of rotatable bonds is 5. The number of hydrazone groups is 1. The third-order valence-electron chi connectivity index (χ3n) is 4.81. The van der Waals surface area contributed by atoms with E-state index < -0.39 is 23.4 Å². The molecule has 10 heteroatoms. The van der Waals surface area contributed by atoms with Gasteiger partial charge in [-0.2, -0.15) is 23.3 Å². The smallest absolute Gasteiger partial charge is 0.435 e. The minimum absolute atomic E-state index is 0.238. The van der Waals surface area contributed by atoms with Gasteiger partial charge in [0.2, 0.25) is 0 Å². The first kappa shape index (κ1) is 25.0. The first-order valence-corrected chi connectivity index (χ1v) is 12.3. The summed E-state index contributed by atoms with van der Waals surface area (Å²) in [7, 11) is 0. The fraction of sp³-hybridized carbons (Fsp3) is 0.0833. The number of alkyl halides is 3. The number of carbonyl (C=O) groups excluding carboxylic acids is 1. The lowest BCUT2D eigenvalue weighted by atomic mass is 10.1. The predicted molar refractivity (Wildman–Crippen MR) is 143 cm³/mol. The van der Waals surface area contributed by atoms with E-state index in [4.69, 9.17) is 16.3 Å². The highest BCUT2D eigenvalue weighted by Gasteiger charge is 2.46. The van der Waals surface area contributed by atoms with Gasteiger partial charge in [0.1, 0.15) is 12.4 Å². The molecule has 34 heavy (non-hydrogen) atoms. The third-order valence-corrected chi connectivity index (χ3v) is 6.78. The lowest BCUT2D eigenvalue weighted by Gasteiger charge is -2.13. The van der Waals surface area contributed by atoms with Gasteiger partial charge in [-0.1, -0.05) is 48.0 Å². The van der Waals surface area contributed by atoms with Crippen LogP contribution in [0.2, 0.25) is 5.02 Å². The molecule has 0 fully saturated rings. The summed E-state index contributed by atoms with van der Waals surface area (Å²) in [6.45, 7) is 0.238. The van der Waals surface area contributed by atoms with Crippen molar-refractivity contribution in [1.29, 1.82) is 0 Å². The minimum atomic E-state index is -4.79. The molecule has 1 aliphatic rings. The van der Waals surface area contributed by atoms with E-state index in [2.05, 4.69) is 5.10 Å². The first-order chi connectivity index (χ1) is 16.1. The van der Waals surface area contributed by atoms with Crippen molar-refractivity contribution >= 4 is 80.2 Å². The molecule has 0 saturated heterocycles. The Kier molecular flexibility index (Phi) is 7.53. The summed E-state index contributed by atoms with van der Waals surface area (Å²) in [5, 5.41) is 4.94. The molecule has 0 atom stereocenters. The van der Waals surface area contributed by atoms with Gasteiger partial charge in [-0.15, -0.1) is 0 Å². The second-order valence-corrected chi connectivity index (χ2v) is 9.88. The number of ether oxygens (including phenoxy) is 1. The van der Waals surface area contributed by atoms with Crippen LogP contribution in [0, 0.1) is 7.14 Å². The Bertz CT molecular complexity index is 1290. The van der Waals surface area contributed by atoms with Crippen molar-refractivity contribution in [3.8, 4) is 5.75 Å². The van der Waals surface area contributed by atoms with Crippen LogP contribution in [-0.4, -0.2) is 17.8 Å². The Morgan fingerprint density at radius 1 is 1.00 bits per heavy atom. The topological polar surface area (TPSA) is 41.9 Å². The van der Waals surface area contributed by atoms with E-state index in [0.29, 0.717) is 23.5 Å². The van der Waals surface area contributed by atoms with Crippen LogP contribution < -0.4 is 9.75 Å². The number of anilines is 1. The first-order valence-electron chi connectivity index (χ1n) is 9.78. The second-order valence-electron chi connectivity index (χ2n) is 7.15. The number of nitrogens with zero attached hydrogens (tertiary/aromatic N) is 2. The second kappa shape index (κ2) is 10.2. The molecule has 4 rings (SSSR count). The summed E-state index contributed by atoms with van der Waals surface area (Å²) in [6, 6.07) is 18.6. The Labute approximate surface area is 225 Å². The molecule has 0 spiro atoms. The average molecular weight is 709 g/mol. The molecule has 1 aliphatic heterocycles. The van der Waals surface area contributed by atoms with Crippen molar-refractivity contribution in [1.82, 2.24) is 0 Å². The fourth-order valence-corrected chi connectivity index (χ4v) is 5.55. The molecule has 0 N–H and O–H groups in total. The summed E-state index contributed by atoms with van der Waals surface area (Å²) in [5.74, 6) is -0.265. The predicted octanol–water partition coefficient (Wildman–Crippen LogP) is 7.48. The summed E-state index contributed by atoms with van der Waals surface area (Å²) in [5.41, 5.74) is -0.261. The van der Waals surface area contributed by atoms with Gasteiger partial charge in [-0.25, -0.2) is 0 Å². The molecule has 0 aromatic heterocycles. The van der Waals surface area contributed by atoms with E-state index in [1.807, 2.05) is 63.4 Å². The summed E-state index contributed by atoms with van der Waals surface area (Å²) >= 11 is 10.3. The van der Waals surface area contributed by atoms with E-state index >= 15 is 0 Å². The molecule has 0 unspecified atom stereocenters. The zero-order chi connectivity index (χ0) is 24.5. The van der Waals surface area contributed by atoms with E-state index in [1.54, 1.807) is 36.4 Å². The maximum Gasteiger partial charge on any atom is 0.435 e. The summed E-state index contributed by atoms with van der Waals surface area (Å²) in [4.78, 5) is 12.9. The standard InChI is InChI=1S/C24H14ClF3I2N2O2/c25-18-9-5-4-6-15(18)13-34-21-19(29)11-14(12-20(21)30)10-17-22(24(26,27)28)31-32(23(17)33)16-7-2-1-3-8-16/h1-12H,13H2/b17-10-. The number of para-hydroxylation sites is 1. The molecular weight excluding hydrogens is 695 g/mol. The number of hydrogen-bond acceptors (Lipinski definition) is 3. The van der Waals surface area contributed by atoms with Crippen LogP contribution in [0.4, 0.5) is 18.9 Å². The quantitative estimate of drug-likeness (QED) is 0.204. The number of benzene rings is 3. The molecule has 0 bridgehead atoms. The number of amides is 1. The largest absolute Gasteiger partial charge is 0.487 e. The molecule has 0 saturated carbocycles. The van der Waals surface area contributed by atoms with E-state index in [1.165, 1.54) is 18.2 Å². The highest BCUT2D eigenvalue weighted by Crippen LogP contribution is 2.35. The van der Waals surface area contributed by atoms with Crippen molar-refractivity contribution in [2.75, 3.05) is 5.01 Å². The van der Waals surface area contributed by atoms with Crippen LogP contribution in [0.5, 0.6) is 5.75 Å². The zero-order valence-corrected chi connectivity index (χ0v) is 22.2. The van der Waals surface area contributed by atoms with Crippen LogP contribution in [-0.2, 0) is 11.4 Å². The maximum absolute atomic E-state index is 13.7. The highest BCUT2D eigenvalue weighted by atomic mass is 127. The average Bonchev–Trinajstić information content (AvgIpc) is 3.11. The summed E-state index contributed by atoms with van der Waals surface area (Å²) in [6.07, 6.45) is -3.58. The van der Waals surface area contributed by atoms with Crippen molar-refractivity contribution in [2.45, 2.75) is 12.8 Å². The minimum Gasteiger partial charge on any atom is -0.487 e. The Morgan fingerprint density at radius 2 is 1.62 bits per heavy atom. The van der Waals surface area contributed by atoms with Crippen molar-refractivity contribution in [3.05, 3.63) is 95.6 Å². The fourth-order valence-electron chi connectivity index (χ4n) is 3.23. The van der Waals surface area contributed by atoms with E-state index in [9.17, 15) is 18.0 Å². The van der Waals surface area contributed by atoms with Crippen molar-refractivity contribution in [3.63, 3.8) is 0 Å². The molecule has 3 aromatic rings. The molecular formula is C24H14ClF3I2N2O2. The van der Waals surface area contributed by atoms with Gasteiger partial charge in [0, 0.05) is 10.6 Å². The van der Waals surface area contributed by atoms with Crippen LogP contribution in [0.25, 0.3) is 6.08 Å². The normalized spacial score (nSPS) is 15.1. The SMILES string of the molecule is O=C1/C(=C\c2cc(I)c(OCc3ccccc3Cl)c(I)c2)C(C(F)(F)F)=NN1c1ccccc1. The molecule has 3 aromatic carbocycles. The third kappa shape index (κ3) is 5.41. The van der Waals surface area contributed by atoms with Crippen molar-refractivity contribution < 1.29 is 22.7 Å². The van der Waals surface area contributed by atoms with Crippen LogP contribution in [0.3, 0.4) is 0 Å². The highest BCUT2D eigenvalue weighted by molar-refractivity contribution is 14.1. The molecule has 0 radical (unpaired) electrons. The van der Waals surface area contributed by atoms with E-state index in [-0.39, 0.29) is 12.3 Å². The van der Waals surface area contributed by atoms with Crippen molar-refractivity contribution in [2.24, 2.45) is 5.10 Å². The molecule has 174 valence electrons. The zero-order valence-electron chi connectivity index (χ0n) is 17.1. The Hall–Kier alpha value is -2.12. The molecule has 4 nitrogen and oxygen atoms in total. The van der Waals surface area contributed by atoms with Gasteiger partial charge in [-0.3, -0.25) is 4.79 Å². The van der Waals surface area contributed by atoms with Gasteiger partial charge in [0.15, 0.2) is 5.71 Å².